The SMILES string of the molecule is O=C(O)CNCCNCCNCCCO. The van der Waals surface area contributed by atoms with E-state index >= 15 is 0 Å². The van der Waals surface area contributed by atoms with Crippen LogP contribution in [0.25, 0.3) is 0 Å². The normalized spacial score (nSPS) is 10.5. The Balaban J connectivity index is 2.89. The van der Waals surface area contributed by atoms with Gasteiger partial charge in [-0.15, -0.1) is 0 Å². The summed E-state index contributed by atoms with van der Waals surface area (Å²) in [6.07, 6.45) is 0.778. The summed E-state index contributed by atoms with van der Waals surface area (Å²) in [5.74, 6) is -0.833. The molecule has 0 aromatic carbocycles. The van der Waals surface area contributed by atoms with Gasteiger partial charge in [0.05, 0.1) is 6.54 Å². The monoisotopic (exact) mass is 219 g/mol. The van der Waals surface area contributed by atoms with E-state index < -0.39 is 5.97 Å². The van der Waals surface area contributed by atoms with Crippen LogP contribution in [-0.2, 0) is 4.79 Å². The average Bonchev–Trinajstić information content (AvgIpc) is 2.20. The van der Waals surface area contributed by atoms with Gasteiger partial charge in [0.15, 0.2) is 0 Å². The van der Waals surface area contributed by atoms with Gasteiger partial charge >= 0.3 is 5.97 Å². The van der Waals surface area contributed by atoms with Crippen molar-refractivity contribution in [3.63, 3.8) is 0 Å². The summed E-state index contributed by atoms with van der Waals surface area (Å²) in [4.78, 5) is 10.1. The van der Waals surface area contributed by atoms with Crippen LogP contribution in [0.2, 0.25) is 0 Å². The van der Waals surface area contributed by atoms with Crippen LogP contribution < -0.4 is 16.0 Å². The molecule has 0 aliphatic heterocycles. The van der Waals surface area contributed by atoms with Crippen molar-refractivity contribution < 1.29 is 15.0 Å². The summed E-state index contributed by atoms with van der Waals surface area (Å²) in [5, 5.41) is 25.9. The number of carboxylic acid groups (broad SMARTS) is 1. The number of aliphatic hydroxyl groups is 1. The van der Waals surface area contributed by atoms with E-state index in [0.717, 1.165) is 32.6 Å². The minimum absolute atomic E-state index is 0.0103. The van der Waals surface area contributed by atoms with Gasteiger partial charge in [-0.3, -0.25) is 4.79 Å². The van der Waals surface area contributed by atoms with Crippen LogP contribution in [0.5, 0.6) is 0 Å². The Labute approximate surface area is 90.1 Å². The minimum atomic E-state index is -0.833. The van der Waals surface area contributed by atoms with Crippen LogP contribution in [0.15, 0.2) is 0 Å². The maximum Gasteiger partial charge on any atom is 0.317 e. The highest BCUT2D eigenvalue weighted by Crippen LogP contribution is 1.70. The molecule has 0 radical (unpaired) electrons. The molecule has 0 saturated heterocycles. The molecule has 0 aliphatic rings. The number of hydrogen-bond donors (Lipinski definition) is 5. The lowest BCUT2D eigenvalue weighted by Crippen LogP contribution is -2.34. The molecule has 0 aromatic rings. The van der Waals surface area contributed by atoms with E-state index in [2.05, 4.69) is 16.0 Å². The van der Waals surface area contributed by atoms with Crippen LogP contribution in [-0.4, -0.2) is 62.1 Å². The third kappa shape index (κ3) is 13.3. The summed E-state index contributed by atoms with van der Waals surface area (Å²) >= 11 is 0. The maximum absolute atomic E-state index is 10.1. The van der Waals surface area contributed by atoms with Gasteiger partial charge in [-0.1, -0.05) is 0 Å². The first kappa shape index (κ1) is 14.3. The van der Waals surface area contributed by atoms with Gasteiger partial charge in [0.2, 0.25) is 0 Å². The molecule has 0 rings (SSSR count). The molecule has 0 saturated carbocycles. The number of aliphatic carboxylic acids is 1. The molecular formula is C9H21N3O3. The fraction of sp³-hybridized carbons (Fsp3) is 0.889. The second kappa shape index (κ2) is 11.4. The van der Waals surface area contributed by atoms with Crippen LogP contribution in [0.4, 0.5) is 0 Å². The van der Waals surface area contributed by atoms with Gasteiger partial charge in [-0.2, -0.15) is 0 Å². The third-order valence-electron chi connectivity index (χ3n) is 1.74. The first-order valence-electron chi connectivity index (χ1n) is 5.22. The van der Waals surface area contributed by atoms with E-state index in [4.69, 9.17) is 10.2 Å². The van der Waals surface area contributed by atoms with Crippen LogP contribution in [0.3, 0.4) is 0 Å². The summed E-state index contributed by atoms with van der Waals surface area (Å²) in [5.41, 5.74) is 0. The number of nitrogens with one attached hydrogen (secondary N) is 3. The molecule has 0 spiro atoms. The Morgan fingerprint density at radius 3 is 2.00 bits per heavy atom. The molecular weight excluding hydrogens is 198 g/mol. The van der Waals surface area contributed by atoms with E-state index in [0.29, 0.717) is 6.54 Å². The highest BCUT2D eigenvalue weighted by atomic mass is 16.4. The van der Waals surface area contributed by atoms with Crippen molar-refractivity contribution in [1.29, 1.82) is 0 Å². The molecule has 0 aromatic heterocycles. The van der Waals surface area contributed by atoms with Crippen LogP contribution >= 0.6 is 0 Å². The lowest BCUT2D eigenvalue weighted by atomic mass is 10.4. The summed E-state index contributed by atoms with van der Waals surface area (Å²) in [7, 11) is 0. The van der Waals surface area contributed by atoms with Gasteiger partial charge in [0, 0.05) is 32.8 Å². The van der Waals surface area contributed by atoms with Crippen molar-refractivity contribution in [2.45, 2.75) is 6.42 Å². The van der Waals surface area contributed by atoms with E-state index in [1.54, 1.807) is 0 Å². The van der Waals surface area contributed by atoms with Crippen LogP contribution in [0.1, 0.15) is 6.42 Å². The summed E-state index contributed by atoms with van der Waals surface area (Å²) in [6, 6.07) is 0. The van der Waals surface area contributed by atoms with Gasteiger partial charge in [0.1, 0.15) is 0 Å². The standard InChI is InChI=1S/C9H21N3O3/c13-7-1-2-10-3-4-11-5-6-12-8-9(14)15/h10-13H,1-8H2,(H,14,15). The Morgan fingerprint density at radius 2 is 1.47 bits per heavy atom. The predicted molar refractivity (Wildman–Crippen MR) is 57.9 cm³/mol. The fourth-order valence-electron chi connectivity index (χ4n) is 1.00. The predicted octanol–water partition coefficient (Wildman–Crippen LogP) is -1.78. The number of carboxylic acids is 1. The van der Waals surface area contributed by atoms with Gasteiger partial charge in [-0.05, 0) is 13.0 Å². The first-order chi connectivity index (χ1) is 7.27. The van der Waals surface area contributed by atoms with Gasteiger partial charge in [0.25, 0.3) is 0 Å². The zero-order valence-corrected chi connectivity index (χ0v) is 8.96. The molecule has 0 unspecified atom stereocenters. The molecule has 0 bridgehead atoms. The first-order valence-corrected chi connectivity index (χ1v) is 5.22. The number of aliphatic hydroxyl groups excluding tert-OH is 1. The largest absolute Gasteiger partial charge is 0.480 e. The number of carbonyl (C=O) groups is 1. The Morgan fingerprint density at radius 1 is 0.933 bits per heavy atom. The maximum atomic E-state index is 10.1. The quantitative estimate of drug-likeness (QED) is 0.264. The van der Waals surface area contributed by atoms with Crippen molar-refractivity contribution in [2.75, 3.05) is 45.9 Å². The average molecular weight is 219 g/mol. The van der Waals surface area contributed by atoms with E-state index in [1.807, 2.05) is 0 Å². The van der Waals surface area contributed by atoms with Crippen molar-refractivity contribution >= 4 is 5.97 Å². The van der Waals surface area contributed by atoms with E-state index in [-0.39, 0.29) is 13.2 Å². The topological polar surface area (TPSA) is 93.6 Å². The lowest BCUT2D eigenvalue weighted by Gasteiger charge is -2.06. The molecule has 0 aliphatic carbocycles. The molecule has 90 valence electrons. The van der Waals surface area contributed by atoms with Crippen molar-refractivity contribution in [1.82, 2.24) is 16.0 Å². The third-order valence-corrected chi connectivity index (χ3v) is 1.74. The molecule has 0 atom stereocenters. The minimum Gasteiger partial charge on any atom is -0.480 e. The molecule has 0 amide bonds. The Hall–Kier alpha value is -0.690. The second-order valence-electron chi connectivity index (χ2n) is 3.15. The molecule has 0 heterocycles. The van der Waals surface area contributed by atoms with Crippen LogP contribution in [0, 0.1) is 0 Å². The molecule has 0 fully saturated rings. The Bertz CT molecular complexity index is 156. The summed E-state index contributed by atoms with van der Waals surface area (Å²) in [6.45, 7) is 4.18. The second-order valence-corrected chi connectivity index (χ2v) is 3.15. The summed E-state index contributed by atoms with van der Waals surface area (Å²) < 4.78 is 0. The molecule has 5 N–H and O–H groups in total. The fourth-order valence-corrected chi connectivity index (χ4v) is 1.00. The molecule has 6 nitrogen and oxygen atoms in total. The highest BCUT2D eigenvalue weighted by molar-refractivity contribution is 5.68. The lowest BCUT2D eigenvalue weighted by molar-refractivity contribution is -0.135. The highest BCUT2D eigenvalue weighted by Gasteiger charge is 1.93. The molecule has 15 heavy (non-hydrogen) atoms. The Kier molecular flexibility index (Phi) is 10.9. The zero-order valence-electron chi connectivity index (χ0n) is 8.96. The zero-order chi connectivity index (χ0) is 11.4. The van der Waals surface area contributed by atoms with E-state index in [1.165, 1.54) is 0 Å². The van der Waals surface area contributed by atoms with Gasteiger partial charge in [-0.25, -0.2) is 0 Å². The number of hydrogen-bond acceptors (Lipinski definition) is 5. The van der Waals surface area contributed by atoms with E-state index in [9.17, 15) is 4.79 Å². The van der Waals surface area contributed by atoms with Crippen molar-refractivity contribution in [3.05, 3.63) is 0 Å². The van der Waals surface area contributed by atoms with Crippen molar-refractivity contribution in [3.8, 4) is 0 Å². The number of rotatable bonds is 11. The van der Waals surface area contributed by atoms with Crippen molar-refractivity contribution in [2.24, 2.45) is 0 Å². The molecule has 6 heteroatoms. The van der Waals surface area contributed by atoms with Gasteiger partial charge < -0.3 is 26.2 Å². The smallest absolute Gasteiger partial charge is 0.317 e.